The van der Waals surface area contributed by atoms with Crippen LogP contribution in [0.5, 0.6) is 0 Å². The van der Waals surface area contributed by atoms with E-state index in [0.29, 0.717) is 42.3 Å². The Balaban J connectivity index is 1.87. The monoisotopic (exact) mass is 344 g/mol. The second-order valence-electron chi connectivity index (χ2n) is 5.34. The highest BCUT2D eigenvalue weighted by atomic mass is 32.2. The highest BCUT2D eigenvalue weighted by Gasteiger charge is 2.23. The number of halogens is 2. The standard InChI is InChI=1S/C15H18F2N2O3S/c16-15(17)23-12-3-1-2-10(8-12)19-14(22)13(21)18-9-4-6-11(20)7-5-9/h1-3,8-9,11,15,20H,4-7H2,(H,18,21)(H,19,22). The van der Waals surface area contributed by atoms with Crippen LogP contribution >= 0.6 is 11.8 Å². The Kier molecular flexibility index (Phi) is 6.35. The number of nitrogens with one attached hydrogen (secondary N) is 2. The van der Waals surface area contributed by atoms with Crippen LogP contribution in [0.25, 0.3) is 0 Å². The minimum Gasteiger partial charge on any atom is -0.393 e. The van der Waals surface area contributed by atoms with Crippen molar-refractivity contribution < 1.29 is 23.5 Å². The van der Waals surface area contributed by atoms with Gasteiger partial charge in [-0.05, 0) is 43.9 Å². The number of amides is 2. The van der Waals surface area contributed by atoms with Crippen molar-refractivity contribution in [2.24, 2.45) is 0 Å². The SMILES string of the molecule is O=C(Nc1cccc(SC(F)F)c1)C(=O)NC1CCC(O)CC1. The molecule has 0 unspecified atom stereocenters. The molecule has 1 saturated carbocycles. The van der Waals surface area contributed by atoms with Gasteiger partial charge in [-0.15, -0.1) is 0 Å². The molecule has 5 nitrogen and oxygen atoms in total. The fourth-order valence-corrected chi connectivity index (χ4v) is 2.97. The van der Waals surface area contributed by atoms with Gasteiger partial charge in [-0.1, -0.05) is 17.8 Å². The summed E-state index contributed by atoms with van der Waals surface area (Å²) >= 11 is 0.368. The molecule has 0 aromatic heterocycles. The third-order valence-corrected chi connectivity index (χ3v) is 4.26. The van der Waals surface area contributed by atoms with E-state index in [1.54, 1.807) is 0 Å². The Bertz CT molecular complexity index is 563. The summed E-state index contributed by atoms with van der Waals surface area (Å²) in [6.45, 7) is 0. The van der Waals surface area contributed by atoms with Gasteiger partial charge in [0.15, 0.2) is 0 Å². The van der Waals surface area contributed by atoms with Crippen LogP contribution in [0, 0.1) is 0 Å². The third-order valence-electron chi connectivity index (χ3n) is 3.56. The molecule has 1 aromatic carbocycles. The summed E-state index contributed by atoms with van der Waals surface area (Å²) < 4.78 is 24.6. The molecule has 1 aliphatic carbocycles. The van der Waals surface area contributed by atoms with Crippen molar-refractivity contribution in [3.05, 3.63) is 24.3 Å². The molecule has 23 heavy (non-hydrogen) atoms. The number of rotatable bonds is 4. The summed E-state index contributed by atoms with van der Waals surface area (Å²) in [5, 5.41) is 14.4. The quantitative estimate of drug-likeness (QED) is 0.579. The average Bonchev–Trinajstić information content (AvgIpc) is 2.49. The molecule has 1 aliphatic rings. The molecular formula is C15H18F2N2O3S. The number of hydrogen-bond donors (Lipinski definition) is 3. The lowest BCUT2D eigenvalue weighted by Crippen LogP contribution is -2.43. The molecule has 0 spiro atoms. The highest BCUT2D eigenvalue weighted by Crippen LogP contribution is 2.27. The first kappa shape index (κ1) is 17.7. The van der Waals surface area contributed by atoms with Gasteiger partial charge in [0.1, 0.15) is 0 Å². The molecule has 0 heterocycles. The minimum atomic E-state index is -2.55. The van der Waals surface area contributed by atoms with E-state index in [4.69, 9.17) is 0 Å². The summed E-state index contributed by atoms with van der Waals surface area (Å²) in [5.74, 6) is -4.15. The predicted molar refractivity (Wildman–Crippen MR) is 83.3 cm³/mol. The van der Waals surface area contributed by atoms with E-state index in [9.17, 15) is 23.5 Å². The van der Waals surface area contributed by atoms with Crippen molar-refractivity contribution >= 4 is 29.3 Å². The Morgan fingerprint density at radius 3 is 2.52 bits per heavy atom. The second-order valence-corrected chi connectivity index (χ2v) is 6.40. The van der Waals surface area contributed by atoms with Crippen LogP contribution in [-0.2, 0) is 9.59 Å². The van der Waals surface area contributed by atoms with Gasteiger partial charge in [0.05, 0.1) is 6.10 Å². The Hall–Kier alpha value is -1.67. The van der Waals surface area contributed by atoms with Crippen molar-refractivity contribution in [3.63, 3.8) is 0 Å². The molecule has 126 valence electrons. The fourth-order valence-electron chi connectivity index (χ4n) is 2.41. The molecule has 2 rings (SSSR count). The maximum atomic E-state index is 12.3. The lowest BCUT2D eigenvalue weighted by Gasteiger charge is -2.25. The van der Waals surface area contributed by atoms with Gasteiger partial charge in [-0.3, -0.25) is 9.59 Å². The number of thioether (sulfide) groups is 1. The number of carbonyl (C=O) groups is 2. The summed E-state index contributed by atoms with van der Waals surface area (Å²) in [6.07, 6.45) is 2.10. The van der Waals surface area contributed by atoms with E-state index in [-0.39, 0.29) is 17.8 Å². The first-order chi connectivity index (χ1) is 10.9. The molecule has 3 N–H and O–H groups in total. The van der Waals surface area contributed by atoms with E-state index in [1.807, 2.05) is 0 Å². The molecule has 2 amide bonds. The zero-order valence-electron chi connectivity index (χ0n) is 12.3. The van der Waals surface area contributed by atoms with Crippen LogP contribution in [0.1, 0.15) is 25.7 Å². The van der Waals surface area contributed by atoms with Crippen LogP contribution in [0.15, 0.2) is 29.2 Å². The van der Waals surface area contributed by atoms with E-state index in [1.165, 1.54) is 24.3 Å². The Morgan fingerprint density at radius 1 is 1.17 bits per heavy atom. The minimum absolute atomic E-state index is 0.127. The van der Waals surface area contributed by atoms with E-state index < -0.39 is 17.6 Å². The largest absolute Gasteiger partial charge is 0.393 e. The van der Waals surface area contributed by atoms with Crippen molar-refractivity contribution in [2.45, 2.75) is 48.5 Å². The molecular weight excluding hydrogens is 326 g/mol. The van der Waals surface area contributed by atoms with Crippen LogP contribution < -0.4 is 10.6 Å². The molecule has 0 bridgehead atoms. The molecule has 0 radical (unpaired) electrons. The maximum Gasteiger partial charge on any atom is 0.313 e. The van der Waals surface area contributed by atoms with Crippen molar-refractivity contribution in [1.82, 2.24) is 5.32 Å². The van der Waals surface area contributed by atoms with Crippen molar-refractivity contribution in [1.29, 1.82) is 0 Å². The number of aliphatic hydroxyl groups is 1. The molecule has 0 saturated heterocycles. The van der Waals surface area contributed by atoms with Gasteiger partial charge in [-0.25, -0.2) is 0 Å². The summed E-state index contributed by atoms with van der Waals surface area (Å²) in [6, 6.07) is 5.81. The Morgan fingerprint density at radius 2 is 1.87 bits per heavy atom. The van der Waals surface area contributed by atoms with Crippen LogP contribution in [-0.4, -0.2) is 34.8 Å². The number of anilines is 1. The fraction of sp³-hybridized carbons (Fsp3) is 0.467. The molecule has 1 fully saturated rings. The smallest absolute Gasteiger partial charge is 0.313 e. The average molecular weight is 344 g/mol. The molecule has 8 heteroatoms. The summed E-state index contributed by atoms with van der Waals surface area (Å²) in [7, 11) is 0. The highest BCUT2D eigenvalue weighted by molar-refractivity contribution is 7.99. The lowest BCUT2D eigenvalue weighted by molar-refractivity contribution is -0.136. The summed E-state index contributed by atoms with van der Waals surface area (Å²) in [5.41, 5.74) is 0.287. The normalized spacial score (nSPS) is 21.0. The lowest BCUT2D eigenvalue weighted by atomic mass is 9.93. The number of benzene rings is 1. The zero-order valence-corrected chi connectivity index (χ0v) is 13.1. The topological polar surface area (TPSA) is 78.4 Å². The van der Waals surface area contributed by atoms with Gasteiger partial charge < -0.3 is 15.7 Å². The van der Waals surface area contributed by atoms with Gasteiger partial charge in [-0.2, -0.15) is 8.78 Å². The first-order valence-electron chi connectivity index (χ1n) is 7.29. The Labute approximate surface area is 136 Å². The van der Waals surface area contributed by atoms with Crippen molar-refractivity contribution in [3.8, 4) is 0 Å². The predicted octanol–water partition coefficient (Wildman–Crippen LogP) is 2.36. The van der Waals surface area contributed by atoms with E-state index in [0.717, 1.165) is 0 Å². The van der Waals surface area contributed by atoms with E-state index >= 15 is 0 Å². The number of aliphatic hydroxyl groups excluding tert-OH is 1. The maximum absolute atomic E-state index is 12.3. The molecule has 0 atom stereocenters. The number of alkyl halides is 2. The third kappa shape index (κ3) is 5.80. The van der Waals surface area contributed by atoms with Crippen molar-refractivity contribution in [2.75, 3.05) is 5.32 Å². The second kappa shape index (κ2) is 8.26. The first-order valence-corrected chi connectivity index (χ1v) is 8.17. The van der Waals surface area contributed by atoms with Crippen LogP contribution in [0.2, 0.25) is 0 Å². The zero-order chi connectivity index (χ0) is 16.8. The van der Waals surface area contributed by atoms with Gasteiger partial charge >= 0.3 is 11.8 Å². The van der Waals surface area contributed by atoms with Gasteiger partial charge in [0, 0.05) is 16.6 Å². The summed E-state index contributed by atoms with van der Waals surface area (Å²) in [4.78, 5) is 24.0. The van der Waals surface area contributed by atoms with Crippen LogP contribution in [0.3, 0.4) is 0 Å². The van der Waals surface area contributed by atoms with Crippen LogP contribution in [0.4, 0.5) is 14.5 Å². The van der Waals surface area contributed by atoms with Gasteiger partial charge in [0.2, 0.25) is 0 Å². The molecule has 1 aromatic rings. The van der Waals surface area contributed by atoms with Gasteiger partial charge in [0.25, 0.3) is 5.76 Å². The molecule has 0 aliphatic heterocycles. The van der Waals surface area contributed by atoms with E-state index in [2.05, 4.69) is 10.6 Å². The number of hydrogen-bond acceptors (Lipinski definition) is 4. The number of carbonyl (C=O) groups excluding carboxylic acids is 2.